The molecule has 0 spiro atoms. The van der Waals surface area contributed by atoms with Gasteiger partial charge in [0.1, 0.15) is 0 Å². The van der Waals surface area contributed by atoms with Gasteiger partial charge in [0, 0.05) is 24.5 Å². The van der Waals surface area contributed by atoms with Crippen LogP contribution in [0.25, 0.3) is 10.4 Å². The minimum atomic E-state index is -0.825. The van der Waals surface area contributed by atoms with E-state index in [1.54, 1.807) is 0 Å². The van der Waals surface area contributed by atoms with Crippen molar-refractivity contribution in [3.63, 3.8) is 0 Å². The molecule has 6 heteroatoms. The summed E-state index contributed by atoms with van der Waals surface area (Å²) in [5.41, 5.74) is 7.87. The molecule has 0 aliphatic rings. The standard InChI is InChI=1S/C6H11N3O3/c7-9-8-3-5-12-4-1-2-6(10)11/h1-5H2,(H,10,11). The highest BCUT2D eigenvalue weighted by atomic mass is 16.5. The van der Waals surface area contributed by atoms with E-state index in [4.69, 9.17) is 15.4 Å². The Morgan fingerprint density at radius 3 is 2.92 bits per heavy atom. The number of carbonyl (C=O) groups is 1. The van der Waals surface area contributed by atoms with Crippen molar-refractivity contribution < 1.29 is 14.6 Å². The van der Waals surface area contributed by atoms with Gasteiger partial charge in [0.2, 0.25) is 0 Å². The highest BCUT2D eigenvalue weighted by Crippen LogP contribution is 1.89. The summed E-state index contributed by atoms with van der Waals surface area (Å²) in [4.78, 5) is 12.5. The van der Waals surface area contributed by atoms with Crippen molar-refractivity contribution in [2.75, 3.05) is 19.8 Å². The summed E-state index contributed by atoms with van der Waals surface area (Å²) in [5.74, 6) is -0.825. The number of rotatable bonds is 7. The Balaban J connectivity index is 3.00. The molecule has 0 radical (unpaired) electrons. The third-order valence-electron chi connectivity index (χ3n) is 1.08. The molecule has 68 valence electrons. The Morgan fingerprint density at radius 1 is 1.58 bits per heavy atom. The van der Waals surface area contributed by atoms with Crippen LogP contribution >= 0.6 is 0 Å². The van der Waals surface area contributed by atoms with Gasteiger partial charge in [0.25, 0.3) is 0 Å². The van der Waals surface area contributed by atoms with Crippen molar-refractivity contribution in [2.24, 2.45) is 5.11 Å². The minimum absolute atomic E-state index is 0.113. The van der Waals surface area contributed by atoms with E-state index in [0.29, 0.717) is 26.2 Å². The molecule has 0 aromatic rings. The quantitative estimate of drug-likeness (QED) is 0.271. The largest absolute Gasteiger partial charge is 0.481 e. The highest BCUT2D eigenvalue weighted by molar-refractivity contribution is 5.66. The van der Waals surface area contributed by atoms with Crippen molar-refractivity contribution in [1.82, 2.24) is 0 Å². The second-order valence-electron chi connectivity index (χ2n) is 2.06. The molecule has 0 aliphatic heterocycles. The second-order valence-corrected chi connectivity index (χ2v) is 2.06. The van der Waals surface area contributed by atoms with Gasteiger partial charge in [-0.15, -0.1) is 0 Å². The fourth-order valence-corrected chi connectivity index (χ4v) is 0.578. The Kier molecular flexibility index (Phi) is 7.02. The van der Waals surface area contributed by atoms with Gasteiger partial charge in [-0.25, -0.2) is 0 Å². The Morgan fingerprint density at radius 2 is 2.33 bits per heavy atom. The lowest BCUT2D eigenvalue weighted by Gasteiger charge is -1.98. The zero-order chi connectivity index (χ0) is 9.23. The third-order valence-corrected chi connectivity index (χ3v) is 1.08. The molecular formula is C6H11N3O3. The maximum Gasteiger partial charge on any atom is 0.303 e. The summed E-state index contributed by atoms with van der Waals surface area (Å²) >= 11 is 0. The normalized spacial score (nSPS) is 9.00. The number of aliphatic carboxylic acids is 1. The van der Waals surface area contributed by atoms with Crippen LogP contribution in [0.4, 0.5) is 0 Å². The summed E-state index contributed by atoms with van der Waals surface area (Å²) in [7, 11) is 0. The van der Waals surface area contributed by atoms with Crippen molar-refractivity contribution in [3.8, 4) is 0 Å². The fourth-order valence-electron chi connectivity index (χ4n) is 0.578. The van der Waals surface area contributed by atoms with Gasteiger partial charge >= 0.3 is 5.97 Å². The predicted octanol–water partition coefficient (Wildman–Crippen LogP) is 1.18. The average molecular weight is 173 g/mol. The molecule has 0 unspecified atom stereocenters. The van der Waals surface area contributed by atoms with Gasteiger partial charge in [-0.3, -0.25) is 4.79 Å². The van der Waals surface area contributed by atoms with Gasteiger partial charge in [-0.05, 0) is 12.0 Å². The summed E-state index contributed by atoms with van der Waals surface area (Å²) in [6.07, 6.45) is 0.604. The first-order valence-corrected chi connectivity index (χ1v) is 3.57. The van der Waals surface area contributed by atoms with Crippen LogP contribution in [0.2, 0.25) is 0 Å². The Labute approximate surface area is 69.8 Å². The monoisotopic (exact) mass is 173 g/mol. The lowest BCUT2D eigenvalue weighted by molar-refractivity contribution is -0.137. The number of carboxylic acids is 1. The van der Waals surface area contributed by atoms with Crippen LogP contribution in [0, 0.1) is 0 Å². The minimum Gasteiger partial charge on any atom is -0.481 e. The molecule has 1 N–H and O–H groups in total. The van der Waals surface area contributed by atoms with Crippen LogP contribution in [0.1, 0.15) is 12.8 Å². The smallest absolute Gasteiger partial charge is 0.303 e. The first-order valence-electron chi connectivity index (χ1n) is 3.57. The van der Waals surface area contributed by atoms with E-state index in [9.17, 15) is 4.79 Å². The van der Waals surface area contributed by atoms with Crippen molar-refractivity contribution in [2.45, 2.75) is 12.8 Å². The summed E-state index contributed by atoms with van der Waals surface area (Å²) in [6, 6.07) is 0. The number of azide groups is 1. The zero-order valence-electron chi connectivity index (χ0n) is 6.64. The maximum absolute atomic E-state index is 10.0. The molecule has 0 fully saturated rings. The van der Waals surface area contributed by atoms with Crippen molar-refractivity contribution >= 4 is 5.97 Å². The first kappa shape index (κ1) is 10.7. The van der Waals surface area contributed by atoms with Crippen LogP contribution in [-0.4, -0.2) is 30.8 Å². The van der Waals surface area contributed by atoms with Gasteiger partial charge in [0.15, 0.2) is 0 Å². The summed E-state index contributed by atoms with van der Waals surface area (Å²) in [6.45, 7) is 1.04. The van der Waals surface area contributed by atoms with E-state index in [1.165, 1.54) is 0 Å². The fraction of sp³-hybridized carbons (Fsp3) is 0.833. The Hall–Kier alpha value is -1.26. The molecule has 0 aromatic heterocycles. The molecule has 0 saturated carbocycles. The number of nitrogens with zero attached hydrogens (tertiary/aromatic N) is 3. The second kappa shape index (κ2) is 7.84. The van der Waals surface area contributed by atoms with Gasteiger partial charge in [0.05, 0.1) is 6.61 Å². The van der Waals surface area contributed by atoms with Gasteiger partial charge in [-0.1, -0.05) is 5.11 Å². The molecular weight excluding hydrogens is 162 g/mol. The van der Waals surface area contributed by atoms with Crippen LogP contribution in [0.15, 0.2) is 5.11 Å². The maximum atomic E-state index is 10.0. The summed E-state index contributed by atoms with van der Waals surface area (Å²) in [5, 5.41) is 11.5. The van der Waals surface area contributed by atoms with Crippen molar-refractivity contribution in [1.29, 1.82) is 0 Å². The molecule has 0 bridgehead atoms. The molecule has 0 aromatic carbocycles. The number of hydrogen-bond donors (Lipinski definition) is 1. The number of ether oxygens (including phenoxy) is 1. The molecule has 0 saturated heterocycles. The van der Waals surface area contributed by atoms with E-state index in [1.807, 2.05) is 0 Å². The number of carboxylic acid groups (broad SMARTS) is 1. The van der Waals surface area contributed by atoms with E-state index in [2.05, 4.69) is 10.0 Å². The molecule has 0 aliphatic carbocycles. The van der Waals surface area contributed by atoms with Crippen LogP contribution in [0.3, 0.4) is 0 Å². The topological polar surface area (TPSA) is 95.3 Å². The predicted molar refractivity (Wildman–Crippen MR) is 41.7 cm³/mol. The molecule has 6 nitrogen and oxygen atoms in total. The van der Waals surface area contributed by atoms with Gasteiger partial charge < -0.3 is 9.84 Å². The highest BCUT2D eigenvalue weighted by Gasteiger charge is 1.95. The van der Waals surface area contributed by atoms with Crippen LogP contribution in [0.5, 0.6) is 0 Å². The lowest BCUT2D eigenvalue weighted by atomic mass is 10.3. The van der Waals surface area contributed by atoms with Crippen LogP contribution < -0.4 is 0 Å². The van der Waals surface area contributed by atoms with E-state index < -0.39 is 5.97 Å². The SMILES string of the molecule is [N-]=[N+]=NCCOCCCC(=O)O. The lowest BCUT2D eigenvalue weighted by Crippen LogP contribution is -2.02. The van der Waals surface area contributed by atoms with E-state index >= 15 is 0 Å². The molecule has 0 atom stereocenters. The third kappa shape index (κ3) is 8.74. The average Bonchev–Trinajstić information content (AvgIpc) is 2.02. The van der Waals surface area contributed by atoms with Crippen LogP contribution in [-0.2, 0) is 9.53 Å². The Bertz CT molecular complexity index is 171. The van der Waals surface area contributed by atoms with E-state index in [-0.39, 0.29) is 6.42 Å². The molecule has 12 heavy (non-hydrogen) atoms. The molecule has 0 heterocycles. The number of hydrogen-bond acceptors (Lipinski definition) is 3. The summed E-state index contributed by atoms with van der Waals surface area (Å²) < 4.78 is 4.96. The zero-order valence-corrected chi connectivity index (χ0v) is 6.64. The van der Waals surface area contributed by atoms with E-state index in [0.717, 1.165) is 0 Å². The molecule has 0 amide bonds. The van der Waals surface area contributed by atoms with Crippen molar-refractivity contribution in [3.05, 3.63) is 10.4 Å². The first-order chi connectivity index (χ1) is 5.77. The molecule has 0 rings (SSSR count). The van der Waals surface area contributed by atoms with Gasteiger partial charge in [-0.2, -0.15) is 0 Å².